The van der Waals surface area contributed by atoms with Crippen molar-refractivity contribution in [3.8, 4) is 5.75 Å². The van der Waals surface area contributed by atoms with Gasteiger partial charge in [0.05, 0.1) is 7.11 Å². The SMILES string of the molecule is COc1ccc(Br)cc1/C=C/C(=O)NCCc1ccccc1F. The molecule has 0 radical (unpaired) electrons. The smallest absolute Gasteiger partial charge is 0.244 e. The van der Waals surface area contributed by atoms with Crippen LogP contribution in [0.5, 0.6) is 5.75 Å². The molecule has 0 bridgehead atoms. The molecule has 0 atom stereocenters. The average Bonchev–Trinajstić information content (AvgIpc) is 2.55. The molecule has 5 heteroatoms. The first-order valence-corrected chi connectivity index (χ1v) is 7.92. The zero-order valence-electron chi connectivity index (χ0n) is 12.7. The summed E-state index contributed by atoms with van der Waals surface area (Å²) in [6.45, 7) is 0.375. The molecule has 0 fully saturated rings. The van der Waals surface area contributed by atoms with Gasteiger partial charge in [0.1, 0.15) is 11.6 Å². The first-order valence-electron chi connectivity index (χ1n) is 7.13. The van der Waals surface area contributed by atoms with E-state index in [-0.39, 0.29) is 11.7 Å². The number of nitrogens with one attached hydrogen (secondary N) is 1. The molecule has 2 rings (SSSR count). The van der Waals surface area contributed by atoms with Crippen molar-refractivity contribution in [3.63, 3.8) is 0 Å². The number of carbonyl (C=O) groups excluding carboxylic acids is 1. The molecule has 0 heterocycles. The quantitative estimate of drug-likeness (QED) is 0.773. The van der Waals surface area contributed by atoms with E-state index in [4.69, 9.17) is 4.74 Å². The largest absolute Gasteiger partial charge is 0.496 e. The monoisotopic (exact) mass is 377 g/mol. The van der Waals surface area contributed by atoms with E-state index in [9.17, 15) is 9.18 Å². The lowest BCUT2D eigenvalue weighted by atomic mass is 10.1. The molecule has 0 saturated carbocycles. The van der Waals surface area contributed by atoms with Crippen LogP contribution in [0.3, 0.4) is 0 Å². The molecule has 23 heavy (non-hydrogen) atoms. The van der Waals surface area contributed by atoms with Gasteiger partial charge in [-0.3, -0.25) is 4.79 Å². The van der Waals surface area contributed by atoms with Crippen molar-refractivity contribution in [3.05, 3.63) is 70.0 Å². The summed E-state index contributed by atoms with van der Waals surface area (Å²) < 4.78 is 19.6. The summed E-state index contributed by atoms with van der Waals surface area (Å²) >= 11 is 3.38. The van der Waals surface area contributed by atoms with Crippen LogP contribution in [0.2, 0.25) is 0 Å². The normalized spacial score (nSPS) is 10.7. The van der Waals surface area contributed by atoms with Crippen molar-refractivity contribution >= 4 is 27.9 Å². The number of hydrogen-bond donors (Lipinski definition) is 1. The topological polar surface area (TPSA) is 38.3 Å². The van der Waals surface area contributed by atoms with Crippen LogP contribution in [-0.2, 0) is 11.2 Å². The zero-order chi connectivity index (χ0) is 16.7. The summed E-state index contributed by atoms with van der Waals surface area (Å²) in [7, 11) is 1.58. The van der Waals surface area contributed by atoms with Crippen LogP contribution in [0.4, 0.5) is 4.39 Å². The fraction of sp³-hybridized carbons (Fsp3) is 0.167. The lowest BCUT2D eigenvalue weighted by Gasteiger charge is -2.06. The van der Waals surface area contributed by atoms with Crippen LogP contribution in [0.15, 0.2) is 53.0 Å². The fourth-order valence-electron chi connectivity index (χ4n) is 2.08. The van der Waals surface area contributed by atoms with Crippen molar-refractivity contribution < 1.29 is 13.9 Å². The maximum Gasteiger partial charge on any atom is 0.244 e. The maximum absolute atomic E-state index is 13.5. The first kappa shape index (κ1) is 17.2. The van der Waals surface area contributed by atoms with Gasteiger partial charge in [-0.05, 0) is 42.3 Å². The Balaban J connectivity index is 1.90. The predicted octanol–water partition coefficient (Wildman–Crippen LogP) is 3.97. The zero-order valence-corrected chi connectivity index (χ0v) is 14.3. The highest BCUT2D eigenvalue weighted by molar-refractivity contribution is 9.10. The Bertz CT molecular complexity index is 716. The number of hydrogen-bond acceptors (Lipinski definition) is 2. The molecule has 120 valence electrons. The minimum Gasteiger partial charge on any atom is -0.496 e. The molecule has 0 aliphatic heterocycles. The lowest BCUT2D eigenvalue weighted by Crippen LogP contribution is -2.23. The van der Waals surface area contributed by atoms with Gasteiger partial charge < -0.3 is 10.1 Å². The first-order chi connectivity index (χ1) is 11.1. The standard InChI is InChI=1S/C18H17BrFNO2/c1-23-17-8-7-15(19)12-14(17)6-9-18(22)21-11-10-13-4-2-3-5-16(13)20/h2-9,12H,10-11H2,1H3,(H,21,22)/b9-6+. The Kier molecular flexibility index (Phi) is 6.35. The Morgan fingerprint density at radius 1 is 1.30 bits per heavy atom. The summed E-state index contributed by atoms with van der Waals surface area (Å²) in [5, 5.41) is 2.74. The molecule has 0 saturated heterocycles. The summed E-state index contributed by atoms with van der Waals surface area (Å²) in [4.78, 5) is 11.8. The number of benzene rings is 2. The highest BCUT2D eigenvalue weighted by Gasteiger charge is 2.03. The molecular weight excluding hydrogens is 361 g/mol. The van der Waals surface area contributed by atoms with E-state index in [1.807, 2.05) is 18.2 Å². The van der Waals surface area contributed by atoms with Crippen LogP contribution >= 0.6 is 15.9 Å². The molecule has 2 aromatic rings. The second kappa shape index (κ2) is 8.48. The van der Waals surface area contributed by atoms with E-state index < -0.39 is 0 Å². The van der Waals surface area contributed by atoms with Crippen LogP contribution in [0.1, 0.15) is 11.1 Å². The number of methoxy groups -OCH3 is 1. The van der Waals surface area contributed by atoms with Crippen LogP contribution in [0, 0.1) is 5.82 Å². The third kappa shape index (κ3) is 5.21. The molecule has 0 aliphatic rings. The highest BCUT2D eigenvalue weighted by atomic mass is 79.9. The Morgan fingerprint density at radius 2 is 2.09 bits per heavy atom. The number of carbonyl (C=O) groups is 1. The van der Waals surface area contributed by atoms with Crippen LogP contribution in [-0.4, -0.2) is 19.6 Å². The fourth-order valence-corrected chi connectivity index (χ4v) is 2.46. The third-order valence-corrected chi connectivity index (χ3v) is 3.75. The molecular formula is C18H17BrFNO2. The van der Waals surface area contributed by atoms with Crippen LogP contribution in [0.25, 0.3) is 6.08 Å². The average molecular weight is 378 g/mol. The third-order valence-electron chi connectivity index (χ3n) is 3.26. The van der Waals surface area contributed by atoms with Gasteiger partial charge in [-0.2, -0.15) is 0 Å². The molecule has 1 N–H and O–H groups in total. The van der Waals surface area contributed by atoms with Gasteiger partial charge in [-0.25, -0.2) is 4.39 Å². The van der Waals surface area contributed by atoms with Crippen molar-refractivity contribution in [1.29, 1.82) is 0 Å². The maximum atomic E-state index is 13.5. The van der Waals surface area contributed by atoms with E-state index in [0.717, 1.165) is 10.0 Å². The van der Waals surface area contributed by atoms with Gasteiger partial charge in [0.15, 0.2) is 0 Å². The molecule has 3 nitrogen and oxygen atoms in total. The van der Waals surface area contributed by atoms with Gasteiger partial charge in [0.25, 0.3) is 0 Å². The van der Waals surface area contributed by atoms with Crippen LogP contribution < -0.4 is 10.1 Å². The summed E-state index contributed by atoms with van der Waals surface area (Å²) in [5.41, 5.74) is 1.39. The van der Waals surface area contributed by atoms with E-state index in [1.54, 1.807) is 31.4 Å². The highest BCUT2D eigenvalue weighted by Crippen LogP contribution is 2.23. The van der Waals surface area contributed by atoms with Gasteiger partial charge in [-0.1, -0.05) is 34.1 Å². The van der Waals surface area contributed by atoms with Crippen molar-refractivity contribution in [2.75, 3.05) is 13.7 Å². The predicted molar refractivity (Wildman–Crippen MR) is 92.8 cm³/mol. The van der Waals surface area contributed by atoms with E-state index >= 15 is 0 Å². The van der Waals surface area contributed by atoms with Gasteiger partial charge in [0.2, 0.25) is 5.91 Å². The Labute approximate surface area is 143 Å². The van der Waals surface area contributed by atoms with E-state index in [1.165, 1.54) is 12.1 Å². The van der Waals surface area contributed by atoms with E-state index in [0.29, 0.717) is 24.3 Å². The van der Waals surface area contributed by atoms with Gasteiger partial charge >= 0.3 is 0 Å². The minimum absolute atomic E-state index is 0.233. The summed E-state index contributed by atoms with van der Waals surface area (Å²) in [5.74, 6) is 0.197. The minimum atomic E-state index is -0.254. The molecule has 1 amide bonds. The molecule has 0 spiro atoms. The second-order valence-electron chi connectivity index (χ2n) is 4.85. The number of rotatable bonds is 6. The summed E-state index contributed by atoms with van der Waals surface area (Å²) in [6, 6.07) is 12.1. The Hall–Kier alpha value is -2.14. The van der Waals surface area contributed by atoms with Crippen molar-refractivity contribution in [2.24, 2.45) is 0 Å². The molecule has 0 aromatic heterocycles. The number of ether oxygens (including phenoxy) is 1. The number of halogens is 2. The van der Waals surface area contributed by atoms with E-state index in [2.05, 4.69) is 21.2 Å². The molecule has 0 aliphatic carbocycles. The molecule has 0 unspecified atom stereocenters. The van der Waals surface area contributed by atoms with Crippen molar-refractivity contribution in [2.45, 2.75) is 6.42 Å². The Morgan fingerprint density at radius 3 is 2.83 bits per heavy atom. The summed E-state index contributed by atoms with van der Waals surface area (Å²) in [6.07, 6.45) is 3.57. The van der Waals surface area contributed by atoms with Crippen molar-refractivity contribution in [1.82, 2.24) is 5.32 Å². The molecule has 2 aromatic carbocycles. The second-order valence-corrected chi connectivity index (χ2v) is 5.77. The van der Waals surface area contributed by atoms with Gasteiger partial charge in [-0.15, -0.1) is 0 Å². The number of amides is 1. The van der Waals surface area contributed by atoms with Gasteiger partial charge in [0, 0.05) is 22.7 Å². The lowest BCUT2D eigenvalue weighted by molar-refractivity contribution is -0.116.